The lowest BCUT2D eigenvalue weighted by atomic mass is 9.92. The van der Waals surface area contributed by atoms with Gasteiger partial charge in [-0.25, -0.2) is 0 Å². The zero-order chi connectivity index (χ0) is 32.2. The molecule has 4 aromatic carbocycles. The summed E-state index contributed by atoms with van der Waals surface area (Å²) in [6, 6.07) is 13.5. The third kappa shape index (κ3) is 4.97. The number of nitrogens with two attached hydrogens (primary N) is 4. The van der Waals surface area contributed by atoms with Gasteiger partial charge in [-0.05, 0) is 57.9 Å². The van der Waals surface area contributed by atoms with Crippen LogP contribution in [0.25, 0.3) is 21.5 Å². The van der Waals surface area contributed by atoms with Gasteiger partial charge in [-0.2, -0.15) is 0 Å². The molecule has 4 amide bonds. The van der Waals surface area contributed by atoms with Gasteiger partial charge in [0.25, 0.3) is 23.6 Å². The topological polar surface area (TPSA) is 185 Å². The molecule has 12 heteroatoms. The molecule has 232 valence electrons. The molecule has 0 aromatic heterocycles. The monoisotopic (exact) mass is 608 g/mol. The molecule has 6 rings (SSSR count). The van der Waals surface area contributed by atoms with Crippen molar-refractivity contribution in [2.45, 2.75) is 6.42 Å². The first-order chi connectivity index (χ1) is 21.5. The quantitative estimate of drug-likeness (QED) is 0.154. The van der Waals surface area contributed by atoms with Crippen LogP contribution in [0.1, 0.15) is 47.9 Å². The maximum Gasteiger partial charge on any atom is 0.261 e. The van der Waals surface area contributed by atoms with Gasteiger partial charge in [0.2, 0.25) is 0 Å². The number of amides is 4. The second-order valence-electron chi connectivity index (χ2n) is 11.8. The van der Waals surface area contributed by atoms with Crippen molar-refractivity contribution in [3.63, 3.8) is 0 Å². The highest BCUT2D eigenvalue weighted by Crippen LogP contribution is 2.37. The van der Waals surface area contributed by atoms with Crippen LogP contribution in [0.5, 0.6) is 0 Å². The Morgan fingerprint density at radius 1 is 0.556 bits per heavy atom. The molecule has 12 nitrogen and oxygen atoms in total. The fourth-order valence-electron chi connectivity index (χ4n) is 6.30. The highest BCUT2D eigenvalue weighted by atomic mass is 16.2. The number of carbonyl (C=O) groups is 4. The van der Waals surface area contributed by atoms with E-state index >= 15 is 0 Å². The molecule has 2 aliphatic heterocycles. The SMILES string of the molecule is CN(CCCN(C)CCN1C(=O)c2cccc3c(N)c(N)cc(c23)C1=O)CCN1C(=O)c2cccc3c(N)c(N)cc(c23)C1=O. The number of anilines is 4. The van der Waals surface area contributed by atoms with E-state index in [1.54, 1.807) is 48.5 Å². The normalized spacial score (nSPS) is 14.6. The Kier molecular flexibility index (Phi) is 7.55. The summed E-state index contributed by atoms with van der Waals surface area (Å²) in [5.41, 5.74) is 27.4. The van der Waals surface area contributed by atoms with Gasteiger partial charge in [0.1, 0.15) is 0 Å². The number of likely N-dealkylation sites (N-methyl/N-ethyl adjacent to an activating group) is 2. The van der Waals surface area contributed by atoms with E-state index < -0.39 is 0 Å². The standard InChI is InChI=1S/C33H36N8O4/c1-38(12-14-40-30(42)20-8-3-6-18-26(20)22(32(40)44)16-24(34)28(18)36)10-5-11-39(2)13-15-41-31(43)21-9-4-7-19-27(21)23(33(41)45)17-25(35)29(19)37/h3-4,6-9,16-17H,5,10-15,34-37H2,1-2H3. The maximum atomic E-state index is 13.3. The molecule has 0 unspecified atom stereocenters. The molecule has 4 aromatic rings. The Hall–Kier alpha value is -5.20. The molecule has 0 atom stereocenters. The lowest BCUT2D eigenvalue weighted by Gasteiger charge is -2.30. The van der Waals surface area contributed by atoms with E-state index in [2.05, 4.69) is 9.80 Å². The Balaban J connectivity index is 1.01. The van der Waals surface area contributed by atoms with Crippen LogP contribution in [0.4, 0.5) is 22.7 Å². The summed E-state index contributed by atoms with van der Waals surface area (Å²) >= 11 is 0. The summed E-state index contributed by atoms with van der Waals surface area (Å²) in [6.07, 6.45) is 0.798. The third-order valence-electron chi connectivity index (χ3n) is 8.86. The number of rotatable bonds is 10. The molecule has 0 spiro atoms. The molecule has 0 saturated heterocycles. The molecule has 45 heavy (non-hydrogen) atoms. The number of carbonyl (C=O) groups excluding carboxylic acids is 4. The van der Waals surface area contributed by atoms with Gasteiger partial charge in [0, 0.05) is 58.9 Å². The fourth-order valence-corrected chi connectivity index (χ4v) is 6.30. The van der Waals surface area contributed by atoms with Crippen molar-refractivity contribution in [3.05, 3.63) is 70.8 Å². The highest BCUT2D eigenvalue weighted by Gasteiger charge is 2.35. The maximum absolute atomic E-state index is 13.3. The number of benzene rings is 4. The molecular formula is C33H36N8O4. The smallest absolute Gasteiger partial charge is 0.261 e. The number of nitrogens with zero attached hydrogens (tertiary/aromatic N) is 4. The number of imide groups is 2. The van der Waals surface area contributed by atoms with Crippen LogP contribution in [-0.2, 0) is 0 Å². The van der Waals surface area contributed by atoms with E-state index in [1.807, 2.05) is 14.1 Å². The lowest BCUT2D eigenvalue weighted by molar-refractivity contribution is 0.0585. The van der Waals surface area contributed by atoms with E-state index in [9.17, 15) is 19.2 Å². The van der Waals surface area contributed by atoms with Crippen molar-refractivity contribution in [1.29, 1.82) is 0 Å². The van der Waals surface area contributed by atoms with E-state index in [0.29, 0.717) is 92.7 Å². The molecule has 0 radical (unpaired) electrons. The minimum atomic E-state index is -0.379. The first-order valence-electron chi connectivity index (χ1n) is 14.8. The van der Waals surface area contributed by atoms with Gasteiger partial charge in [-0.1, -0.05) is 24.3 Å². The molecule has 0 bridgehead atoms. The van der Waals surface area contributed by atoms with E-state index in [4.69, 9.17) is 22.9 Å². The van der Waals surface area contributed by atoms with E-state index in [1.165, 1.54) is 9.80 Å². The minimum Gasteiger partial charge on any atom is -0.397 e. The number of nitrogen functional groups attached to an aromatic ring is 4. The number of hydrogen-bond donors (Lipinski definition) is 4. The van der Waals surface area contributed by atoms with Crippen LogP contribution < -0.4 is 22.9 Å². The van der Waals surface area contributed by atoms with Crippen LogP contribution >= 0.6 is 0 Å². The summed E-state index contributed by atoms with van der Waals surface area (Å²) < 4.78 is 0. The van der Waals surface area contributed by atoms with Crippen LogP contribution in [0, 0.1) is 0 Å². The molecule has 0 fully saturated rings. The Morgan fingerprint density at radius 2 is 0.933 bits per heavy atom. The average molecular weight is 609 g/mol. The summed E-state index contributed by atoms with van der Waals surface area (Å²) in [4.78, 5) is 59.8. The first kappa shape index (κ1) is 29.9. The summed E-state index contributed by atoms with van der Waals surface area (Å²) in [6.45, 7) is 2.88. The van der Waals surface area contributed by atoms with Crippen molar-refractivity contribution in [2.75, 3.05) is 76.3 Å². The minimum absolute atomic E-state index is 0.230. The first-order valence-corrected chi connectivity index (χ1v) is 14.8. The summed E-state index contributed by atoms with van der Waals surface area (Å²) in [5, 5.41) is 2.32. The van der Waals surface area contributed by atoms with Crippen LogP contribution in [0.15, 0.2) is 48.5 Å². The second-order valence-corrected chi connectivity index (χ2v) is 11.8. The molecular weight excluding hydrogens is 572 g/mol. The van der Waals surface area contributed by atoms with Crippen molar-refractivity contribution < 1.29 is 19.2 Å². The molecule has 8 N–H and O–H groups in total. The summed E-state index contributed by atoms with van der Waals surface area (Å²) in [7, 11) is 3.88. The molecule has 2 heterocycles. The highest BCUT2D eigenvalue weighted by molar-refractivity contribution is 6.28. The summed E-state index contributed by atoms with van der Waals surface area (Å²) in [5.74, 6) is -1.45. The molecule has 2 aliphatic rings. The third-order valence-corrected chi connectivity index (χ3v) is 8.86. The van der Waals surface area contributed by atoms with E-state index in [-0.39, 0.29) is 36.7 Å². The van der Waals surface area contributed by atoms with Gasteiger partial charge in [-0.3, -0.25) is 29.0 Å². The van der Waals surface area contributed by atoms with Gasteiger partial charge in [0.05, 0.1) is 33.9 Å². The largest absolute Gasteiger partial charge is 0.397 e. The molecule has 0 saturated carbocycles. The van der Waals surface area contributed by atoms with Gasteiger partial charge < -0.3 is 32.7 Å². The van der Waals surface area contributed by atoms with Crippen molar-refractivity contribution >= 4 is 67.9 Å². The Bertz CT molecular complexity index is 1790. The second kappa shape index (κ2) is 11.4. The van der Waals surface area contributed by atoms with Gasteiger partial charge in [-0.15, -0.1) is 0 Å². The van der Waals surface area contributed by atoms with Crippen molar-refractivity contribution in [3.8, 4) is 0 Å². The van der Waals surface area contributed by atoms with Crippen LogP contribution in [0.3, 0.4) is 0 Å². The predicted molar refractivity (Wildman–Crippen MR) is 176 cm³/mol. The molecule has 0 aliphatic carbocycles. The zero-order valence-corrected chi connectivity index (χ0v) is 25.3. The van der Waals surface area contributed by atoms with Crippen molar-refractivity contribution in [2.24, 2.45) is 0 Å². The average Bonchev–Trinajstić information content (AvgIpc) is 3.02. The Morgan fingerprint density at radius 3 is 1.33 bits per heavy atom. The van der Waals surface area contributed by atoms with Crippen LogP contribution in [-0.4, -0.2) is 96.6 Å². The van der Waals surface area contributed by atoms with E-state index in [0.717, 1.165) is 6.42 Å². The van der Waals surface area contributed by atoms with Crippen LogP contribution in [0.2, 0.25) is 0 Å². The lowest BCUT2D eigenvalue weighted by Crippen LogP contribution is -2.45. The Labute approximate surface area is 260 Å². The fraction of sp³-hybridized carbons (Fsp3) is 0.273. The number of hydrogen-bond acceptors (Lipinski definition) is 10. The van der Waals surface area contributed by atoms with Gasteiger partial charge in [0.15, 0.2) is 0 Å². The van der Waals surface area contributed by atoms with Crippen molar-refractivity contribution in [1.82, 2.24) is 19.6 Å². The zero-order valence-electron chi connectivity index (χ0n) is 25.3. The van der Waals surface area contributed by atoms with Gasteiger partial charge >= 0.3 is 0 Å². The predicted octanol–water partition coefficient (Wildman–Crippen LogP) is 2.47.